The fraction of sp³-hybridized carbons (Fsp3) is 0.118. The number of nitrogens with one attached hydrogen (secondary N) is 2. The van der Waals surface area contributed by atoms with Crippen molar-refractivity contribution < 1.29 is 0 Å². The Morgan fingerprint density at radius 1 is 1.00 bits per heavy atom. The third-order valence-corrected chi connectivity index (χ3v) is 4.21. The van der Waals surface area contributed by atoms with Crippen LogP contribution in [0.1, 0.15) is 12.5 Å². The van der Waals surface area contributed by atoms with Crippen LogP contribution in [-0.2, 0) is 6.42 Å². The van der Waals surface area contributed by atoms with E-state index in [-0.39, 0.29) is 0 Å². The van der Waals surface area contributed by atoms with Crippen LogP contribution < -0.4 is 10.6 Å². The predicted octanol–water partition coefficient (Wildman–Crippen LogP) is 5.23. The number of hydrogen-bond donors (Lipinski definition) is 2. The van der Waals surface area contributed by atoms with Gasteiger partial charge in [-0.2, -0.15) is 10.1 Å². The van der Waals surface area contributed by atoms with Crippen molar-refractivity contribution in [1.82, 2.24) is 15.2 Å². The van der Waals surface area contributed by atoms with Gasteiger partial charge in [-0.1, -0.05) is 48.3 Å². The van der Waals surface area contributed by atoms with Gasteiger partial charge in [0.1, 0.15) is 0 Å². The Kier molecular flexibility index (Phi) is 5.13. The number of aryl methyl sites for hydroxylation is 1. The lowest BCUT2D eigenvalue weighted by atomic mass is 10.1. The van der Waals surface area contributed by atoms with Crippen LogP contribution in [-0.4, -0.2) is 15.2 Å². The van der Waals surface area contributed by atoms with Crippen molar-refractivity contribution in [3.05, 3.63) is 64.3 Å². The number of nitrogens with zero attached hydrogens (tertiary/aromatic N) is 3. The molecule has 0 spiro atoms. The summed E-state index contributed by atoms with van der Waals surface area (Å²) in [6.45, 7) is 2.12. The van der Waals surface area contributed by atoms with E-state index in [0.717, 1.165) is 12.1 Å². The van der Waals surface area contributed by atoms with Gasteiger partial charge in [-0.3, -0.25) is 0 Å². The van der Waals surface area contributed by atoms with Gasteiger partial charge in [0, 0.05) is 5.69 Å². The molecular weight excluding hydrogens is 345 g/mol. The Morgan fingerprint density at radius 3 is 2.54 bits per heavy atom. The summed E-state index contributed by atoms with van der Waals surface area (Å²) in [5.41, 5.74) is 2.82. The van der Waals surface area contributed by atoms with Crippen molar-refractivity contribution in [2.24, 2.45) is 0 Å². The zero-order valence-electron chi connectivity index (χ0n) is 12.9. The second-order valence-corrected chi connectivity index (χ2v) is 5.85. The molecule has 2 N–H and O–H groups in total. The average Bonchev–Trinajstić information content (AvgIpc) is 2.60. The minimum absolute atomic E-state index is 0.391. The normalized spacial score (nSPS) is 10.5. The van der Waals surface area contributed by atoms with Crippen molar-refractivity contribution in [3.63, 3.8) is 0 Å². The van der Waals surface area contributed by atoms with E-state index in [1.165, 1.54) is 11.8 Å². The Balaban J connectivity index is 1.77. The van der Waals surface area contributed by atoms with Gasteiger partial charge in [0.15, 0.2) is 5.82 Å². The highest BCUT2D eigenvalue weighted by molar-refractivity contribution is 6.43. The van der Waals surface area contributed by atoms with E-state index < -0.39 is 0 Å². The molecule has 122 valence electrons. The SMILES string of the molecule is CCc1ccc(Nc2nncc(Nc3cccc(Cl)c3Cl)n2)cc1. The maximum absolute atomic E-state index is 6.17. The Hall–Kier alpha value is -2.37. The third-order valence-electron chi connectivity index (χ3n) is 3.39. The summed E-state index contributed by atoms with van der Waals surface area (Å²) in [5.74, 6) is 0.907. The van der Waals surface area contributed by atoms with E-state index in [1.54, 1.807) is 12.1 Å². The maximum Gasteiger partial charge on any atom is 0.249 e. The molecule has 2 aromatic carbocycles. The van der Waals surface area contributed by atoms with Gasteiger partial charge in [-0.15, -0.1) is 5.10 Å². The number of hydrogen-bond acceptors (Lipinski definition) is 5. The van der Waals surface area contributed by atoms with Gasteiger partial charge in [0.25, 0.3) is 0 Å². The van der Waals surface area contributed by atoms with Crippen LogP contribution in [0.25, 0.3) is 0 Å². The number of halogens is 2. The molecule has 0 radical (unpaired) electrons. The zero-order chi connectivity index (χ0) is 16.9. The second-order valence-electron chi connectivity index (χ2n) is 5.07. The molecule has 0 amide bonds. The summed E-state index contributed by atoms with van der Waals surface area (Å²) in [7, 11) is 0. The quantitative estimate of drug-likeness (QED) is 0.653. The first-order chi connectivity index (χ1) is 11.7. The molecule has 0 aliphatic heterocycles. The standard InChI is InChI=1S/C17H15Cl2N5/c1-2-11-6-8-12(9-7-11)21-17-23-15(10-20-24-17)22-14-5-3-4-13(18)16(14)19/h3-10H,2H2,1H3,(H2,21,22,23,24). The Labute approximate surface area is 150 Å². The second kappa shape index (κ2) is 7.47. The van der Waals surface area contributed by atoms with Gasteiger partial charge in [-0.25, -0.2) is 0 Å². The molecule has 1 aromatic heterocycles. The first-order valence-electron chi connectivity index (χ1n) is 7.42. The van der Waals surface area contributed by atoms with Crippen molar-refractivity contribution in [1.29, 1.82) is 0 Å². The van der Waals surface area contributed by atoms with E-state index in [0.29, 0.717) is 27.5 Å². The lowest BCUT2D eigenvalue weighted by Gasteiger charge is -2.09. The molecule has 0 fully saturated rings. The lowest BCUT2D eigenvalue weighted by Crippen LogP contribution is -2.02. The summed E-state index contributed by atoms with van der Waals surface area (Å²) in [4.78, 5) is 4.38. The summed E-state index contributed by atoms with van der Waals surface area (Å²) < 4.78 is 0. The first kappa shape index (κ1) is 16.5. The van der Waals surface area contributed by atoms with Gasteiger partial charge in [0.05, 0.1) is 21.9 Å². The summed E-state index contributed by atoms with van der Waals surface area (Å²) >= 11 is 12.2. The molecule has 3 aromatic rings. The largest absolute Gasteiger partial charge is 0.338 e. The van der Waals surface area contributed by atoms with Gasteiger partial charge in [-0.05, 0) is 36.2 Å². The molecule has 0 aliphatic carbocycles. The van der Waals surface area contributed by atoms with Crippen LogP contribution in [0, 0.1) is 0 Å². The maximum atomic E-state index is 6.17. The monoisotopic (exact) mass is 359 g/mol. The fourth-order valence-electron chi connectivity index (χ4n) is 2.11. The predicted molar refractivity (Wildman–Crippen MR) is 98.7 cm³/mol. The Bertz CT molecular complexity index is 837. The molecule has 0 unspecified atom stereocenters. The lowest BCUT2D eigenvalue weighted by molar-refractivity contribution is 0.982. The highest BCUT2D eigenvalue weighted by Crippen LogP contribution is 2.31. The number of anilines is 4. The Morgan fingerprint density at radius 2 is 1.79 bits per heavy atom. The minimum atomic E-state index is 0.391. The molecule has 0 atom stereocenters. The van der Waals surface area contributed by atoms with Crippen molar-refractivity contribution in [2.45, 2.75) is 13.3 Å². The van der Waals surface area contributed by atoms with Crippen LogP contribution in [0.15, 0.2) is 48.7 Å². The average molecular weight is 360 g/mol. The smallest absolute Gasteiger partial charge is 0.249 e. The first-order valence-corrected chi connectivity index (χ1v) is 8.18. The number of benzene rings is 2. The molecule has 24 heavy (non-hydrogen) atoms. The van der Waals surface area contributed by atoms with Crippen molar-refractivity contribution >= 4 is 46.3 Å². The fourth-order valence-corrected chi connectivity index (χ4v) is 2.46. The van der Waals surface area contributed by atoms with E-state index in [2.05, 4.69) is 44.9 Å². The van der Waals surface area contributed by atoms with Crippen LogP contribution in [0.5, 0.6) is 0 Å². The third kappa shape index (κ3) is 3.93. The molecule has 0 bridgehead atoms. The summed E-state index contributed by atoms with van der Waals surface area (Å²) in [6, 6.07) is 13.4. The van der Waals surface area contributed by atoms with Crippen molar-refractivity contribution in [2.75, 3.05) is 10.6 Å². The van der Waals surface area contributed by atoms with E-state index >= 15 is 0 Å². The zero-order valence-corrected chi connectivity index (χ0v) is 14.4. The van der Waals surface area contributed by atoms with Crippen LogP contribution >= 0.6 is 23.2 Å². The molecule has 0 saturated heterocycles. The topological polar surface area (TPSA) is 62.7 Å². The highest BCUT2D eigenvalue weighted by atomic mass is 35.5. The summed E-state index contributed by atoms with van der Waals surface area (Å²) in [6.07, 6.45) is 2.51. The summed E-state index contributed by atoms with van der Waals surface area (Å²) in [5, 5.41) is 15.1. The van der Waals surface area contributed by atoms with E-state index in [1.807, 2.05) is 18.2 Å². The van der Waals surface area contributed by atoms with Crippen LogP contribution in [0.4, 0.5) is 23.1 Å². The van der Waals surface area contributed by atoms with Gasteiger partial charge >= 0.3 is 0 Å². The van der Waals surface area contributed by atoms with Gasteiger partial charge < -0.3 is 10.6 Å². The number of rotatable bonds is 5. The molecular formula is C17H15Cl2N5. The molecule has 0 aliphatic rings. The van der Waals surface area contributed by atoms with E-state index in [9.17, 15) is 0 Å². The van der Waals surface area contributed by atoms with Crippen LogP contribution in [0.3, 0.4) is 0 Å². The van der Waals surface area contributed by atoms with E-state index in [4.69, 9.17) is 23.2 Å². The number of aromatic nitrogens is 3. The molecule has 5 nitrogen and oxygen atoms in total. The molecule has 7 heteroatoms. The van der Waals surface area contributed by atoms with Crippen molar-refractivity contribution in [3.8, 4) is 0 Å². The van der Waals surface area contributed by atoms with Crippen LogP contribution in [0.2, 0.25) is 10.0 Å². The molecule has 0 saturated carbocycles. The molecule has 3 rings (SSSR count). The highest BCUT2D eigenvalue weighted by Gasteiger charge is 2.07. The molecule has 1 heterocycles. The van der Waals surface area contributed by atoms with Gasteiger partial charge in [0.2, 0.25) is 5.95 Å². The minimum Gasteiger partial charge on any atom is -0.338 e.